The number of carbonyl (C=O) groups is 16. The second-order valence-corrected chi connectivity index (χ2v) is 22.9. The van der Waals surface area contributed by atoms with Crippen molar-refractivity contribution in [2.75, 3.05) is 39.3 Å². The van der Waals surface area contributed by atoms with Gasteiger partial charge in [-0.3, -0.25) is 71.7 Å². The zero-order chi connectivity index (χ0) is 67.8. The first-order chi connectivity index (χ1) is 42.3. The number of hydrogen-bond donors (Lipinski definition) is 15. The summed E-state index contributed by atoms with van der Waals surface area (Å²) in [6.45, 7) is 3.95. The summed E-state index contributed by atoms with van der Waals surface area (Å²) in [5.41, 5.74) is 5.50. The van der Waals surface area contributed by atoms with E-state index >= 15 is 0 Å². The Balaban J connectivity index is 1.94. The van der Waals surface area contributed by atoms with Gasteiger partial charge in [-0.05, 0) is 62.1 Å². The Morgan fingerprint density at radius 3 is 1.58 bits per heavy atom. The van der Waals surface area contributed by atoms with Crippen molar-refractivity contribution >= 4 is 105 Å². The molecule has 0 spiro atoms. The van der Waals surface area contributed by atoms with E-state index in [2.05, 4.69) is 63.3 Å². The van der Waals surface area contributed by atoms with Gasteiger partial charge >= 0.3 is 5.97 Å². The third-order valence-electron chi connectivity index (χ3n) is 13.2. The number of hydroxylamine groups is 2. The van der Waals surface area contributed by atoms with Gasteiger partial charge in [-0.1, -0.05) is 59.1 Å². The molecule has 1 aromatic carbocycles. The van der Waals surface area contributed by atoms with Gasteiger partial charge in [0.05, 0.1) is 51.8 Å². The maximum Gasteiger partial charge on any atom is 0.333 e. The van der Waals surface area contributed by atoms with Gasteiger partial charge in [-0.15, -0.1) is 5.06 Å². The highest BCUT2D eigenvalue weighted by Gasteiger charge is 2.48. The molecule has 500 valence electrons. The van der Waals surface area contributed by atoms with Gasteiger partial charge in [0.1, 0.15) is 42.2 Å². The molecule has 7 unspecified atom stereocenters. The van der Waals surface area contributed by atoms with Crippen LogP contribution in [0.5, 0.6) is 5.75 Å². The first-order valence-corrected chi connectivity index (χ1v) is 30.1. The first-order valence-electron chi connectivity index (χ1n) is 28.6. The van der Waals surface area contributed by atoms with Gasteiger partial charge in [-0.25, -0.2) is 4.79 Å². The van der Waals surface area contributed by atoms with E-state index in [1.165, 1.54) is 24.3 Å². The summed E-state index contributed by atoms with van der Waals surface area (Å²) >= 11 is 0. The minimum absolute atomic E-state index is 0.0114. The second-order valence-electron chi connectivity index (χ2n) is 21.3. The minimum Gasteiger partial charge on any atom is -0.508 e. The predicted octanol–water partition coefficient (Wildman–Crippen LogP) is -6.19. The largest absolute Gasteiger partial charge is 0.508 e. The zero-order valence-corrected chi connectivity index (χ0v) is 51.2. The molecule has 2 rings (SSSR count). The van der Waals surface area contributed by atoms with Gasteiger partial charge in [0.15, 0.2) is 5.25 Å². The molecular formula is C54H81N13O22S. The number of amides is 14. The summed E-state index contributed by atoms with van der Waals surface area (Å²) in [6.07, 6.45) is -1.23. The van der Waals surface area contributed by atoms with Crippen molar-refractivity contribution in [3.8, 4) is 5.75 Å². The third kappa shape index (κ3) is 29.2. The molecule has 8 atom stereocenters. The summed E-state index contributed by atoms with van der Waals surface area (Å²) in [6, 6.07) is -1.37. The molecule has 1 aromatic rings. The van der Waals surface area contributed by atoms with E-state index in [1.807, 2.05) is 0 Å². The average molecular weight is 1300 g/mol. The lowest BCUT2D eigenvalue weighted by atomic mass is 9.98. The Bertz CT molecular complexity index is 2870. The van der Waals surface area contributed by atoms with Crippen LogP contribution in [0.15, 0.2) is 24.3 Å². The van der Waals surface area contributed by atoms with Crippen molar-refractivity contribution in [3.05, 3.63) is 29.8 Å². The number of aliphatic hydroxyl groups excluding tert-OH is 1. The van der Waals surface area contributed by atoms with Gasteiger partial charge in [0.2, 0.25) is 70.9 Å². The van der Waals surface area contributed by atoms with Crippen LogP contribution in [-0.2, 0) is 98.1 Å². The van der Waals surface area contributed by atoms with Crippen LogP contribution in [0.4, 0.5) is 0 Å². The lowest BCUT2D eigenvalue weighted by molar-refractivity contribution is -0.197. The number of phenols is 1. The van der Waals surface area contributed by atoms with Crippen molar-refractivity contribution in [3.63, 3.8) is 0 Å². The molecule has 1 fully saturated rings. The first kappa shape index (κ1) is 76.9. The van der Waals surface area contributed by atoms with Gasteiger partial charge in [-0.2, -0.15) is 8.42 Å². The molecular weight excluding hydrogens is 1210 g/mol. The van der Waals surface area contributed by atoms with E-state index in [-0.39, 0.29) is 68.1 Å². The fourth-order valence-electron chi connectivity index (χ4n) is 8.24. The number of aromatic hydroxyl groups is 1. The molecule has 0 aliphatic carbocycles. The van der Waals surface area contributed by atoms with E-state index in [9.17, 15) is 95.3 Å². The molecule has 35 nitrogen and oxygen atoms in total. The number of carbonyl (C=O) groups excluding carboxylic acids is 16. The molecule has 16 N–H and O–H groups in total. The molecule has 90 heavy (non-hydrogen) atoms. The molecule has 0 bridgehead atoms. The number of hydrogen-bond acceptors (Lipinski definition) is 21. The number of primary amides is 1. The van der Waals surface area contributed by atoms with E-state index in [1.54, 1.807) is 27.7 Å². The summed E-state index contributed by atoms with van der Waals surface area (Å²) in [5, 5.41) is 43.9. The topological polar surface area (TPSA) is 539 Å². The molecule has 1 saturated heterocycles. The second kappa shape index (κ2) is 39.0. The fourth-order valence-corrected chi connectivity index (χ4v) is 8.95. The number of nitrogens with zero attached hydrogens (tertiary/aromatic N) is 1. The highest BCUT2D eigenvalue weighted by atomic mass is 32.2. The van der Waals surface area contributed by atoms with Crippen LogP contribution < -0.4 is 64.2 Å². The van der Waals surface area contributed by atoms with Crippen LogP contribution in [0.1, 0.15) is 111 Å². The SMILES string of the molecule is CC[C@H](C)C(NC(=O)CNC(=O)C(CCC=O)NC(=O)CNC(=O)C(CC(C)C)NC(=O)CNC(=O)C(Cc1ccc(O)cc1)NC(=O)CNC(=O)C(NC(=O)CNC(=O)CCCCCCC(=O)ON1C(=O)CC(S(=O)(=O)O)C1=O)C(C)O)C(=O)NCC(N)=O. The number of nitrogens with one attached hydrogen (secondary N) is 11. The molecule has 14 amide bonds. The number of unbranched alkanes of at least 4 members (excludes halogenated alkanes) is 3. The molecule has 36 heteroatoms. The highest BCUT2D eigenvalue weighted by Crippen LogP contribution is 2.21. The number of benzene rings is 1. The maximum absolute atomic E-state index is 13.6. The normalized spacial score (nSPS) is 15.2. The van der Waals surface area contributed by atoms with E-state index in [0.29, 0.717) is 31.1 Å². The Kier molecular flexibility index (Phi) is 33.3. The summed E-state index contributed by atoms with van der Waals surface area (Å²) in [5.74, 6) is -14.6. The molecule has 1 aliphatic heterocycles. The summed E-state index contributed by atoms with van der Waals surface area (Å²) in [7, 11) is -4.90. The number of aldehydes is 1. The maximum atomic E-state index is 13.6. The lowest BCUT2D eigenvalue weighted by Crippen LogP contribution is -2.57. The van der Waals surface area contributed by atoms with Crippen molar-refractivity contribution in [2.24, 2.45) is 17.6 Å². The monoisotopic (exact) mass is 1300 g/mol. The van der Waals surface area contributed by atoms with E-state index in [0.717, 1.165) is 6.92 Å². The number of phenolic OH excluding ortho intramolecular Hbond substituents is 1. The van der Waals surface area contributed by atoms with E-state index in [4.69, 9.17) is 10.3 Å². The standard InChI is InChI=1S/C54H81N13O22S/c1-6-30(4)47(52(83)57-23-38(55)71)65-44(77)28-58-49(80)34(12-11-19-68)62-40(73)25-59-50(81)35(20-29(2)3)63-41(74)26-60-51(82)36(21-32-15-17-33(70)18-16-32)64-42(75)27-61-53(84)48(31(5)69)66-43(76)24-56-39(72)13-9-7-8-10-14-46(79)89-67-45(78)22-37(54(67)85)90(86,87)88/h15-19,29-31,34-37,47-48,69-70H,6-14,20-28H2,1-5H3,(H2,55,71)(H,56,72)(H,57,83)(H,58,80)(H,59,81)(H,60,82)(H,61,84)(H,62,73)(H,63,74)(H,64,75)(H,65,77)(H,66,76)(H,86,87,88)/t30-,31?,34?,35?,36?,37?,47?,48?/m0/s1. The highest BCUT2D eigenvalue weighted by molar-refractivity contribution is 7.87. The molecule has 1 heterocycles. The Morgan fingerprint density at radius 1 is 0.622 bits per heavy atom. The summed E-state index contributed by atoms with van der Waals surface area (Å²) < 4.78 is 31.6. The Labute approximate surface area is 517 Å². The van der Waals surface area contributed by atoms with Crippen LogP contribution >= 0.6 is 0 Å². The minimum atomic E-state index is -4.90. The van der Waals surface area contributed by atoms with Gasteiger partial charge in [0, 0.05) is 25.7 Å². The molecule has 0 radical (unpaired) electrons. The Hall–Kier alpha value is -9.19. The van der Waals surface area contributed by atoms with E-state index < -0.39 is 192 Å². The fraction of sp³-hybridized carbons (Fsp3) is 0.593. The lowest BCUT2D eigenvalue weighted by Gasteiger charge is -2.24. The summed E-state index contributed by atoms with van der Waals surface area (Å²) in [4.78, 5) is 206. The quantitative estimate of drug-likeness (QED) is 0.0126. The molecule has 0 saturated carbocycles. The predicted molar refractivity (Wildman–Crippen MR) is 310 cm³/mol. The average Bonchev–Trinajstić information content (AvgIpc) is 1.70. The number of imide groups is 1. The van der Waals surface area contributed by atoms with Crippen LogP contribution in [0.3, 0.4) is 0 Å². The molecule has 0 aromatic heterocycles. The van der Waals surface area contributed by atoms with Crippen LogP contribution in [0, 0.1) is 11.8 Å². The van der Waals surface area contributed by atoms with Crippen LogP contribution in [0.25, 0.3) is 0 Å². The third-order valence-corrected chi connectivity index (χ3v) is 14.3. The van der Waals surface area contributed by atoms with Gasteiger partial charge < -0.3 is 84.1 Å². The van der Waals surface area contributed by atoms with Crippen LogP contribution in [0.2, 0.25) is 0 Å². The molecule has 1 aliphatic rings. The van der Waals surface area contributed by atoms with Crippen molar-refractivity contribution in [1.82, 2.24) is 63.5 Å². The van der Waals surface area contributed by atoms with Crippen LogP contribution in [-0.4, -0.2) is 204 Å². The number of rotatable bonds is 41. The smallest absolute Gasteiger partial charge is 0.333 e. The number of aliphatic hydroxyl groups is 1. The van der Waals surface area contributed by atoms with Crippen molar-refractivity contribution in [1.29, 1.82) is 0 Å². The van der Waals surface area contributed by atoms with Gasteiger partial charge in [0.25, 0.3) is 21.9 Å². The van der Waals surface area contributed by atoms with Crippen molar-refractivity contribution in [2.45, 2.75) is 153 Å². The Morgan fingerprint density at radius 2 is 1.08 bits per heavy atom. The number of nitrogens with two attached hydrogens (primary N) is 1. The zero-order valence-electron chi connectivity index (χ0n) is 50.3. The van der Waals surface area contributed by atoms with Crippen molar-refractivity contribution < 1.29 is 105 Å².